The average molecular weight is 199 g/mol. The average Bonchev–Trinajstić information content (AvgIpc) is 2.21. The van der Waals surface area contributed by atoms with Crippen molar-refractivity contribution >= 4 is 0 Å². The normalized spacial score (nSPS) is 22.9. The second-order valence-electron chi connectivity index (χ2n) is 4.45. The maximum atomic E-state index is 5.73. The van der Waals surface area contributed by atoms with Gasteiger partial charge in [-0.2, -0.15) is 0 Å². The topological polar surface area (TPSA) is 32.5 Å². The Balaban J connectivity index is 2.44. The van der Waals surface area contributed by atoms with Crippen LogP contribution in [0.15, 0.2) is 0 Å². The quantitative estimate of drug-likeness (QED) is 0.725. The van der Waals surface area contributed by atoms with E-state index in [1.54, 1.807) is 0 Å². The zero-order chi connectivity index (χ0) is 10.6. The van der Waals surface area contributed by atoms with Gasteiger partial charge in [0.15, 0.2) is 0 Å². The van der Waals surface area contributed by atoms with Crippen LogP contribution in [-0.2, 0) is 0 Å². The summed E-state index contributed by atoms with van der Waals surface area (Å²) in [6.45, 7) is 8.86. The maximum Gasteiger partial charge on any atom is 0.0192 e. The minimum Gasteiger partial charge on any atom is -0.329 e. The van der Waals surface area contributed by atoms with Crippen molar-refractivity contribution in [1.29, 1.82) is 0 Å². The lowest BCUT2D eigenvalue weighted by molar-refractivity contribution is 0.0958. The fourth-order valence-electron chi connectivity index (χ4n) is 2.39. The molecule has 0 aromatic carbocycles. The van der Waals surface area contributed by atoms with E-state index in [9.17, 15) is 0 Å². The van der Waals surface area contributed by atoms with E-state index in [4.69, 9.17) is 5.73 Å². The molecule has 1 atom stereocenters. The van der Waals surface area contributed by atoms with E-state index in [2.05, 4.69) is 30.7 Å². The number of likely N-dealkylation sites (tertiary alicyclic amines) is 1. The summed E-state index contributed by atoms with van der Waals surface area (Å²) >= 11 is 0. The first-order valence-electron chi connectivity index (χ1n) is 5.83. The number of nitrogens with two attached hydrogens (primary N) is 1. The molecule has 3 heteroatoms. The minimum atomic E-state index is 0.536. The molecule has 0 aromatic rings. The highest BCUT2D eigenvalue weighted by Gasteiger charge is 2.24. The van der Waals surface area contributed by atoms with Gasteiger partial charge < -0.3 is 10.6 Å². The van der Waals surface area contributed by atoms with Crippen molar-refractivity contribution in [3.63, 3.8) is 0 Å². The van der Waals surface area contributed by atoms with Crippen molar-refractivity contribution in [3.8, 4) is 0 Å². The third kappa shape index (κ3) is 2.94. The lowest BCUT2D eigenvalue weighted by Crippen LogP contribution is -2.49. The largest absolute Gasteiger partial charge is 0.329 e. The van der Waals surface area contributed by atoms with Crippen molar-refractivity contribution in [3.05, 3.63) is 0 Å². The predicted octanol–water partition coefficient (Wildman–Crippen LogP) is 0.750. The van der Waals surface area contributed by atoms with E-state index < -0.39 is 0 Å². The zero-order valence-electron chi connectivity index (χ0n) is 9.87. The summed E-state index contributed by atoms with van der Waals surface area (Å²) in [5.41, 5.74) is 5.73. The molecule has 0 saturated carbocycles. The van der Waals surface area contributed by atoms with Crippen molar-refractivity contribution < 1.29 is 0 Å². The lowest BCUT2D eigenvalue weighted by Gasteiger charge is -2.39. The van der Waals surface area contributed by atoms with Gasteiger partial charge in [-0.05, 0) is 46.4 Å². The van der Waals surface area contributed by atoms with Gasteiger partial charge in [0.05, 0.1) is 0 Å². The van der Waals surface area contributed by atoms with Gasteiger partial charge in [0, 0.05) is 18.6 Å². The van der Waals surface area contributed by atoms with E-state index >= 15 is 0 Å². The molecule has 1 aliphatic rings. The number of likely N-dealkylation sites (N-methyl/N-ethyl adjacent to an activating group) is 1. The maximum absolute atomic E-state index is 5.73. The van der Waals surface area contributed by atoms with Crippen LogP contribution in [-0.4, -0.2) is 55.1 Å². The SMILES string of the molecule is CCN(C(C)CN)C1CCN(C)CC1. The fraction of sp³-hybridized carbons (Fsp3) is 1.00. The molecule has 2 N–H and O–H groups in total. The van der Waals surface area contributed by atoms with Gasteiger partial charge >= 0.3 is 0 Å². The number of hydrogen-bond donors (Lipinski definition) is 1. The van der Waals surface area contributed by atoms with Crippen LogP contribution in [0.4, 0.5) is 0 Å². The summed E-state index contributed by atoms with van der Waals surface area (Å²) in [6, 6.07) is 1.29. The van der Waals surface area contributed by atoms with Crippen LogP contribution in [0.5, 0.6) is 0 Å². The first-order valence-corrected chi connectivity index (χ1v) is 5.83. The second kappa shape index (κ2) is 5.69. The summed E-state index contributed by atoms with van der Waals surface area (Å²) in [5.74, 6) is 0. The van der Waals surface area contributed by atoms with Crippen LogP contribution in [0.3, 0.4) is 0 Å². The Morgan fingerprint density at radius 3 is 2.43 bits per heavy atom. The van der Waals surface area contributed by atoms with Crippen molar-refractivity contribution in [1.82, 2.24) is 9.80 Å². The standard InChI is InChI=1S/C11H25N3/c1-4-14(10(2)9-12)11-5-7-13(3)8-6-11/h10-11H,4-9,12H2,1-3H3. The first-order chi connectivity index (χ1) is 6.69. The molecule has 1 fully saturated rings. The van der Waals surface area contributed by atoms with Gasteiger partial charge in [-0.3, -0.25) is 4.90 Å². The number of nitrogens with zero attached hydrogens (tertiary/aromatic N) is 2. The summed E-state index contributed by atoms with van der Waals surface area (Å²) in [4.78, 5) is 4.98. The Labute approximate surface area is 88.2 Å². The Morgan fingerprint density at radius 2 is 2.00 bits per heavy atom. The molecule has 14 heavy (non-hydrogen) atoms. The molecule has 1 unspecified atom stereocenters. The highest BCUT2D eigenvalue weighted by molar-refractivity contribution is 4.81. The molecule has 0 radical (unpaired) electrons. The van der Waals surface area contributed by atoms with Gasteiger partial charge in [0.1, 0.15) is 0 Å². The molecule has 0 bridgehead atoms. The Morgan fingerprint density at radius 1 is 1.43 bits per heavy atom. The predicted molar refractivity (Wildman–Crippen MR) is 61.4 cm³/mol. The summed E-state index contributed by atoms with van der Waals surface area (Å²) in [7, 11) is 2.21. The van der Waals surface area contributed by atoms with Crippen LogP contribution in [0.2, 0.25) is 0 Å². The molecule has 0 aliphatic carbocycles. The van der Waals surface area contributed by atoms with E-state index in [1.165, 1.54) is 25.9 Å². The van der Waals surface area contributed by atoms with E-state index in [-0.39, 0.29) is 0 Å². The molecule has 1 aliphatic heterocycles. The summed E-state index contributed by atoms with van der Waals surface area (Å²) < 4.78 is 0. The van der Waals surface area contributed by atoms with Crippen LogP contribution < -0.4 is 5.73 Å². The number of hydrogen-bond acceptors (Lipinski definition) is 3. The molecular weight excluding hydrogens is 174 g/mol. The highest BCUT2D eigenvalue weighted by Crippen LogP contribution is 2.17. The van der Waals surface area contributed by atoms with Crippen molar-refractivity contribution in [2.45, 2.75) is 38.8 Å². The first kappa shape index (κ1) is 12.0. The minimum absolute atomic E-state index is 0.536. The molecular formula is C11H25N3. The van der Waals surface area contributed by atoms with Crippen LogP contribution in [0, 0.1) is 0 Å². The van der Waals surface area contributed by atoms with Crippen LogP contribution >= 0.6 is 0 Å². The molecule has 0 amide bonds. The molecule has 0 spiro atoms. The van der Waals surface area contributed by atoms with E-state index in [1.807, 2.05) is 0 Å². The van der Waals surface area contributed by atoms with Gasteiger partial charge in [-0.1, -0.05) is 6.92 Å². The summed E-state index contributed by atoms with van der Waals surface area (Å²) in [6.07, 6.45) is 2.60. The Hall–Kier alpha value is -0.120. The Bertz CT molecular complexity index is 153. The van der Waals surface area contributed by atoms with Crippen LogP contribution in [0.25, 0.3) is 0 Å². The number of piperidine rings is 1. The number of rotatable bonds is 4. The van der Waals surface area contributed by atoms with Gasteiger partial charge in [-0.25, -0.2) is 0 Å². The third-order valence-electron chi connectivity index (χ3n) is 3.43. The molecule has 1 heterocycles. The molecule has 0 aromatic heterocycles. The smallest absolute Gasteiger partial charge is 0.0192 e. The Kier molecular flexibility index (Phi) is 4.85. The van der Waals surface area contributed by atoms with E-state index in [0.717, 1.165) is 19.1 Å². The molecule has 3 nitrogen and oxygen atoms in total. The second-order valence-corrected chi connectivity index (χ2v) is 4.45. The van der Waals surface area contributed by atoms with Gasteiger partial charge in [0.25, 0.3) is 0 Å². The van der Waals surface area contributed by atoms with Gasteiger partial charge in [0.2, 0.25) is 0 Å². The van der Waals surface area contributed by atoms with Crippen LogP contribution in [0.1, 0.15) is 26.7 Å². The lowest BCUT2D eigenvalue weighted by atomic mass is 10.0. The highest BCUT2D eigenvalue weighted by atomic mass is 15.2. The molecule has 84 valence electrons. The third-order valence-corrected chi connectivity index (χ3v) is 3.43. The zero-order valence-corrected chi connectivity index (χ0v) is 9.87. The summed E-state index contributed by atoms with van der Waals surface area (Å²) in [5, 5.41) is 0. The van der Waals surface area contributed by atoms with Crippen molar-refractivity contribution in [2.75, 3.05) is 33.2 Å². The van der Waals surface area contributed by atoms with Crippen molar-refractivity contribution in [2.24, 2.45) is 5.73 Å². The monoisotopic (exact) mass is 199 g/mol. The molecule has 1 saturated heterocycles. The fourth-order valence-corrected chi connectivity index (χ4v) is 2.39. The molecule has 1 rings (SSSR count). The van der Waals surface area contributed by atoms with E-state index in [0.29, 0.717) is 6.04 Å². The van der Waals surface area contributed by atoms with Gasteiger partial charge in [-0.15, -0.1) is 0 Å².